The molecule has 0 amide bonds. The number of aliphatic hydroxyl groups excluding tert-OH is 1. The molecule has 2 aromatic rings. The van der Waals surface area contributed by atoms with Gasteiger partial charge in [-0.25, -0.2) is 10.5 Å². The number of hydrogen-bond donors (Lipinski definition) is 2. The first-order chi connectivity index (χ1) is 13.5. The number of anilines is 1. The van der Waals surface area contributed by atoms with E-state index in [0.29, 0.717) is 30.3 Å². The standard InChI is InChI=1S/C11H12FIN5O.C6H7F3N.U/c12-11(13)3-1-2-7(19)8(11)18-10-6(4-17-18)9(14)15-5-16-10;1-5(3-4-10-2)6(7,8)9;/h5,7-8,19H,1-3H2,(H2,14,15,16);3H,1-2H3;/q2*-1;+2/b;5-3+;/t7?,8-,11?;;/m0../s1. The van der Waals surface area contributed by atoms with Gasteiger partial charge in [0, 0.05) is 18.5 Å². The molecule has 0 aliphatic heterocycles. The Balaban J connectivity index is 0.000000354. The van der Waals surface area contributed by atoms with E-state index in [1.165, 1.54) is 18.1 Å². The first-order valence-corrected chi connectivity index (χ1v) is 9.57. The molecule has 2 heterocycles. The van der Waals surface area contributed by atoms with Gasteiger partial charge < -0.3 is 20.5 Å². The van der Waals surface area contributed by atoms with Crippen LogP contribution in [0.3, 0.4) is 0 Å². The summed E-state index contributed by atoms with van der Waals surface area (Å²) in [5.41, 5.74) is 5.41. The third-order valence-corrected chi connectivity index (χ3v) is 5.45. The maximum atomic E-state index is 14.7. The fourth-order valence-corrected chi connectivity index (χ4v) is 3.80. The minimum atomic E-state index is -4.25. The smallest absolute Gasteiger partial charge is 0.434 e. The second-order valence-corrected chi connectivity index (χ2v) is 8.15. The monoisotopic (exact) mass is 764 g/mol. The van der Waals surface area contributed by atoms with Crippen molar-refractivity contribution in [2.24, 2.45) is 4.99 Å². The zero-order valence-corrected chi connectivity index (χ0v) is 22.4. The topological polar surface area (TPSA) is 102 Å². The molecule has 0 radical (unpaired) electrons. The Bertz CT molecular complexity index is 902. The number of aliphatic imine (C=N–C) groups is 1. The van der Waals surface area contributed by atoms with Crippen molar-refractivity contribution >= 4 is 45.7 Å². The van der Waals surface area contributed by atoms with Crippen LogP contribution in [-0.4, -0.2) is 54.1 Å². The first-order valence-electron chi connectivity index (χ1n) is 8.49. The van der Waals surface area contributed by atoms with Crippen LogP contribution in [0.5, 0.6) is 0 Å². The van der Waals surface area contributed by atoms with Gasteiger partial charge in [-0.15, -0.1) is 12.5 Å². The van der Waals surface area contributed by atoms with E-state index in [-0.39, 0.29) is 36.9 Å². The molecule has 2 unspecified atom stereocenters. The van der Waals surface area contributed by atoms with E-state index >= 15 is 0 Å². The average Bonchev–Trinajstić information content (AvgIpc) is 3.03. The molecule has 0 aromatic carbocycles. The predicted molar refractivity (Wildman–Crippen MR) is 108 cm³/mol. The Morgan fingerprint density at radius 2 is 2.17 bits per heavy atom. The molecule has 2 aromatic heterocycles. The second kappa shape index (κ2) is 11.2. The van der Waals surface area contributed by atoms with E-state index in [1.54, 1.807) is 22.6 Å². The van der Waals surface area contributed by atoms with Gasteiger partial charge in [-0.05, 0) is 48.1 Å². The van der Waals surface area contributed by atoms with Gasteiger partial charge in [0.05, 0.1) is 12.4 Å². The minimum absolute atomic E-state index is 0. The Morgan fingerprint density at radius 3 is 2.73 bits per heavy atom. The molecule has 3 rings (SSSR count). The van der Waals surface area contributed by atoms with Gasteiger partial charge in [-0.1, -0.05) is 5.39 Å². The normalized spacial score (nSPS) is 25.0. The number of nitrogens with zero attached hydrogens (tertiary/aromatic N) is 5. The Labute approximate surface area is 208 Å². The van der Waals surface area contributed by atoms with E-state index in [9.17, 15) is 22.7 Å². The fourth-order valence-electron chi connectivity index (χ4n) is 2.73. The molecule has 13 heteroatoms. The Kier molecular flexibility index (Phi) is 10.2. The molecule has 1 saturated carbocycles. The van der Waals surface area contributed by atoms with E-state index in [1.807, 2.05) is 0 Å². The van der Waals surface area contributed by atoms with Gasteiger partial charge in [0.1, 0.15) is 6.04 Å². The second-order valence-electron chi connectivity index (χ2n) is 6.36. The first kappa shape index (κ1) is 27.3. The van der Waals surface area contributed by atoms with Gasteiger partial charge in [0.15, 0.2) is 3.68 Å². The Hall–Kier alpha value is -0.778. The molecule has 1 aliphatic rings. The zero-order chi connectivity index (χ0) is 21.8. The Morgan fingerprint density at radius 1 is 1.50 bits per heavy atom. The van der Waals surface area contributed by atoms with Crippen LogP contribution in [0, 0.1) is 37.3 Å². The molecule has 30 heavy (non-hydrogen) atoms. The number of rotatable bonds is 2. The molecule has 1 aliphatic carbocycles. The zero-order valence-electron chi connectivity index (χ0n) is 16.1. The number of allylic oxidation sites excluding steroid dienone is 2. The summed E-state index contributed by atoms with van der Waals surface area (Å²) < 4.78 is 49.3. The van der Waals surface area contributed by atoms with Crippen LogP contribution < -0.4 is 5.73 Å². The molecule has 3 atom stereocenters. The van der Waals surface area contributed by atoms with Crippen LogP contribution in [0.4, 0.5) is 23.4 Å². The summed E-state index contributed by atoms with van der Waals surface area (Å²) in [5.74, 6) is 0.250. The number of nitrogens with two attached hydrogens (primary N) is 1. The largest absolute Gasteiger partial charge is 2.00 e. The van der Waals surface area contributed by atoms with Crippen molar-refractivity contribution in [1.82, 2.24) is 19.7 Å². The number of fused-ring (bicyclic) bond motifs is 1. The van der Waals surface area contributed by atoms with Crippen molar-refractivity contribution in [3.8, 4) is 0 Å². The van der Waals surface area contributed by atoms with Crippen molar-refractivity contribution in [3.05, 3.63) is 24.2 Å². The molecular weight excluding hydrogens is 745 g/mol. The van der Waals surface area contributed by atoms with E-state index < -0.39 is 27.6 Å². The number of nitrogen functional groups attached to an aromatic ring is 1. The van der Waals surface area contributed by atoms with Gasteiger partial charge in [0.25, 0.3) is 0 Å². The minimum Gasteiger partial charge on any atom is -0.434 e. The van der Waals surface area contributed by atoms with Crippen LogP contribution >= 0.6 is 22.6 Å². The van der Waals surface area contributed by atoms with Crippen molar-refractivity contribution in [2.75, 3.05) is 12.8 Å². The molecular formula is C17H19F4IN6OU. The molecule has 0 spiro atoms. The van der Waals surface area contributed by atoms with Gasteiger partial charge >= 0.3 is 37.3 Å². The van der Waals surface area contributed by atoms with Crippen molar-refractivity contribution < 1.29 is 53.8 Å². The maximum Gasteiger partial charge on any atom is 2.00 e. The van der Waals surface area contributed by atoms with E-state index in [0.717, 1.165) is 13.0 Å². The summed E-state index contributed by atoms with van der Waals surface area (Å²) in [7, 11) is 1.36. The van der Waals surface area contributed by atoms with Crippen LogP contribution in [0.2, 0.25) is 0 Å². The molecule has 3 N–H and O–H groups in total. The van der Waals surface area contributed by atoms with E-state index in [2.05, 4.69) is 32.5 Å². The van der Waals surface area contributed by atoms with Crippen LogP contribution in [0.15, 0.2) is 23.0 Å². The molecule has 7 nitrogen and oxygen atoms in total. The summed E-state index contributed by atoms with van der Waals surface area (Å²) in [6.07, 6.45) is 3.40. The summed E-state index contributed by atoms with van der Waals surface area (Å²) in [6.45, 7) is 0.970. The number of hydrogen-bond acceptors (Lipinski definition) is 6. The summed E-state index contributed by atoms with van der Waals surface area (Å²) >= 11 is 1.73. The molecule has 0 saturated heterocycles. The van der Waals surface area contributed by atoms with Crippen molar-refractivity contribution in [3.63, 3.8) is 0 Å². The number of alkyl halides is 5. The summed E-state index contributed by atoms with van der Waals surface area (Å²) in [5, 5.41) is 14.6. The number of halogens is 5. The average molecular weight is 764 g/mol. The fraction of sp³-hybridized carbons (Fsp3) is 0.529. The SMILES string of the molecule is CN=[C-]/C=C(\C)C(F)(F)F.Nc1ncnc2c1[c-]nn2[C@H]1C(O)CCCC1(F)I.[U+2]. The van der Waals surface area contributed by atoms with Crippen molar-refractivity contribution in [1.29, 1.82) is 0 Å². The van der Waals surface area contributed by atoms with Crippen LogP contribution in [-0.2, 0) is 0 Å². The van der Waals surface area contributed by atoms with Crippen LogP contribution in [0.1, 0.15) is 32.2 Å². The predicted octanol–water partition coefficient (Wildman–Crippen LogP) is 3.47. The van der Waals surface area contributed by atoms with E-state index in [4.69, 9.17) is 5.73 Å². The molecule has 162 valence electrons. The summed E-state index contributed by atoms with van der Waals surface area (Å²) in [4.78, 5) is 11.2. The number of aromatic nitrogens is 4. The third-order valence-electron chi connectivity index (χ3n) is 4.27. The van der Waals surface area contributed by atoms with Gasteiger partial charge in [-0.2, -0.15) is 19.4 Å². The summed E-state index contributed by atoms with van der Waals surface area (Å²) in [6, 6.07) is -0.787. The third kappa shape index (κ3) is 6.61. The molecule has 0 bridgehead atoms. The van der Waals surface area contributed by atoms with Gasteiger partial charge in [0.2, 0.25) is 0 Å². The van der Waals surface area contributed by atoms with Crippen molar-refractivity contribution in [2.45, 2.75) is 48.2 Å². The molecule has 1 fully saturated rings. The van der Waals surface area contributed by atoms with Crippen LogP contribution in [0.25, 0.3) is 11.0 Å². The number of aliphatic hydroxyl groups is 1. The maximum absolute atomic E-state index is 14.7. The van der Waals surface area contributed by atoms with Gasteiger partial charge in [-0.3, -0.25) is 15.1 Å². The quantitative estimate of drug-likeness (QED) is 0.161.